The van der Waals surface area contributed by atoms with E-state index in [9.17, 15) is 0 Å². The Balaban J connectivity index is 0.00000106. The number of rotatable bonds is 3. The third kappa shape index (κ3) is 4.59. The van der Waals surface area contributed by atoms with E-state index in [0.29, 0.717) is 0 Å². The molecule has 0 aromatic heterocycles. The van der Waals surface area contributed by atoms with Crippen molar-refractivity contribution in [2.75, 3.05) is 0 Å². The van der Waals surface area contributed by atoms with Crippen molar-refractivity contribution in [1.82, 2.24) is 0 Å². The van der Waals surface area contributed by atoms with Crippen LogP contribution in [0.3, 0.4) is 0 Å². The highest BCUT2D eigenvalue weighted by Crippen LogP contribution is 2.36. The highest BCUT2D eigenvalue weighted by Gasteiger charge is 2.19. The second kappa shape index (κ2) is 8.22. The van der Waals surface area contributed by atoms with Gasteiger partial charge in [0.05, 0.1) is 0 Å². The maximum Gasteiger partial charge on any atom is -0.00231 e. The molecule has 0 aromatic carbocycles. The Bertz CT molecular complexity index is 494. The van der Waals surface area contributed by atoms with E-state index >= 15 is 0 Å². The third-order valence-corrected chi connectivity index (χ3v) is 4.58. The lowest BCUT2D eigenvalue weighted by molar-refractivity contribution is 0.446. The molecule has 0 N–H and O–H groups in total. The van der Waals surface area contributed by atoms with Crippen LogP contribution >= 0.6 is 0 Å². The van der Waals surface area contributed by atoms with Crippen molar-refractivity contribution < 1.29 is 0 Å². The highest BCUT2D eigenvalue weighted by molar-refractivity contribution is 5.56. The van der Waals surface area contributed by atoms with Crippen LogP contribution < -0.4 is 0 Å². The fraction of sp³-hybridized carbons (Fsp3) is 0.524. The van der Waals surface area contributed by atoms with Crippen molar-refractivity contribution in [2.24, 2.45) is 5.92 Å². The summed E-state index contributed by atoms with van der Waals surface area (Å²) in [7, 11) is 0. The highest BCUT2D eigenvalue weighted by atomic mass is 14.2. The van der Waals surface area contributed by atoms with Gasteiger partial charge in [0.25, 0.3) is 0 Å². The first-order chi connectivity index (χ1) is 10.0. The molecule has 21 heavy (non-hydrogen) atoms. The molecule has 0 saturated carbocycles. The lowest BCUT2D eigenvalue weighted by atomic mass is 9.82. The minimum absolute atomic E-state index is 0.870. The van der Waals surface area contributed by atoms with Crippen LogP contribution in [0.4, 0.5) is 0 Å². The van der Waals surface area contributed by atoms with Gasteiger partial charge in [0.1, 0.15) is 0 Å². The van der Waals surface area contributed by atoms with Gasteiger partial charge in [0.15, 0.2) is 0 Å². The Morgan fingerprint density at radius 1 is 1.38 bits per heavy atom. The molecular weight excluding hydrogens is 252 g/mol. The van der Waals surface area contributed by atoms with Crippen LogP contribution in [-0.4, -0.2) is 0 Å². The largest absolute Gasteiger partial charge is 0.0958 e. The summed E-state index contributed by atoms with van der Waals surface area (Å²) in [6.07, 6.45) is 10.8. The monoisotopic (exact) mass is 284 g/mol. The van der Waals surface area contributed by atoms with Gasteiger partial charge in [-0.2, -0.15) is 0 Å². The fourth-order valence-electron chi connectivity index (χ4n) is 2.98. The quantitative estimate of drug-likeness (QED) is 0.527. The molecule has 0 amide bonds. The molecule has 116 valence electrons. The lowest BCUT2D eigenvalue weighted by Gasteiger charge is -2.23. The van der Waals surface area contributed by atoms with E-state index in [1.165, 1.54) is 48.0 Å². The lowest BCUT2D eigenvalue weighted by Crippen LogP contribution is -2.07. The summed E-state index contributed by atoms with van der Waals surface area (Å²) >= 11 is 0. The summed E-state index contributed by atoms with van der Waals surface area (Å²) in [6, 6.07) is 0. The fourth-order valence-corrected chi connectivity index (χ4v) is 2.98. The average molecular weight is 284 g/mol. The minimum Gasteiger partial charge on any atom is -0.0958 e. The molecule has 0 bridgehead atoms. The zero-order valence-electron chi connectivity index (χ0n) is 14.7. The normalized spacial score (nSPS) is 23.9. The van der Waals surface area contributed by atoms with Crippen LogP contribution in [0, 0.1) is 5.92 Å². The second-order valence-electron chi connectivity index (χ2n) is 6.15. The topological polar surface area (TPSA) is 0 Å². The van der Waals surface area contributed by atoms with Gasteiger partial charge in [-0.05, 0) is 67.7 Å². The summed E-state index contributed by atoms with van der Waals surface area (Å²) in [5.74, 6) is 0.870. The van der Waals surface area contributed by atoms with Gasteiger partial charge in [-0.3, -0.25) is 0 Å². The molecule has 0 radical (unpaired) electrons. The van der Waals surface area contributed by atoms with Crippen molar-refractivity contribution in [3.63, 3.8) is 0 Å². The van der Waals surface area contributed by atoms with Gasteiger partial charge in [-0.25, -0.2) is 0 Å². The van der Waals surface area contributed by atoms with E-state index in [1.807, 2.05) is 13.8 Å². The number of hydrogen-bond donors (Lipinski definition) is 0. The van der Waals surface area contributed by atoms with Gasteiger partial charge in [-0.1, -0.05) is 63.6 Å². The predicted molar refractivity (Wildman–Crippen MR) is 96.4 cm³/mol. The molecule has 0 aliphatic heterocycles. The van der Waals surface area contributed by atoms with E-state index < -0.39 is 0 Å². The molecule has 0 unspecified atom stereocenters. The molecule has 0 aromatic rings. The summed E-state index contributed by atoms with van der Waals surface area (Å²) in [4.78, 5) is 0. The van der Waals surface area contributed by atoms with Gasteiger partial charge >= 0.3 is 0 Å². The maximum absolute atomic E-state index is 4.21. The zero-order valence-corrected chi connectivity index (χ0v) is 14.7. The van der Waals surface area contributed by atoms with Gasteiger partial charge in [0.2, 0.25) is 0 Å². The Kier molecular flexibility index (Phi) is 6.95. The van der Waals surface area contributed by atoms with Crippen LogP contribution in [0.1, 0.15) is 66.7 Å². The second-order valence-corrected chi connectivity index (χ2v) is 6.15. The Morgan fingerprint density at radius 3 is 2.57 bits per heavy atom. The van der Waals surface area contributed by atoms with E-state index in [0.717, 1.165) is 12.3 Å². The van der Waals surface area contributed by atoms with Crippen molar-refractivity contribution >= 4 is 0 Å². The van der Waals surface area contributed by atoms with Crippen molar-refractivity contribution in [3.05, 3.63) is 58.7 Å². The predicted octanol–water partition coefficient (Wildman–Crippen LogP) is 6.93. The number of hydrogen-bond acceptors (Lipinski definition) is 0. The van der Waals surface area contributed by atoms with Crippen molar-refractivity contribution in [2.45, 2.75) is 66.7 Å². The molecule has 0 heteroatoms. The van der Waals surface area contributed by atoms with E-state index in [-0.39, 0.29) is 0 Å². The van der Waals surface area contributed by atoms with Crippen molar-refractivity contribution in [3.8, 4) is 0 Å². The number of allylic oxidation sites excluding steroid dienone is 8. The third-order valence-electron chi connectivity index (χ3n) is 4.58. The minimum atomic E-state index is 0.870. The Labute approximate surface area is 132 Å². The molecule has 2 aliphatic carbocycles. The van der Waals surface area contributed by atoms with Crippen LogP contribution in [-0.2, 0) is 0 Å². The van der Waals surface area contributed by atoms with Crippen LogP contribution in [0.25, 0.3) is 0 Å². The summed E-state index contributed by atoms with van der Waals surface area (Å²) in [5, 5.41) is 0. The summed E-state index contributed by atoms with van der Waals surface area (Å²) < 4.78 is 0. The smallest absolute Gasteiger partial charge is 0.00231 e. The van der Waals surface area contributed by atoms with Crippen LogP contribution in [0.5, 0.6) is 0 Å². The van der Waals surface area contributed by atoms with E-state index in [2.05, 4.69) is 46.1 Å². The van der Waals surface area contributed by atoms with Gasteiger partial charge < -0.3 is 0 Å². The molecule has 0 spiro atoms. The molecule has 0 nitrogen and oxygen atoms in total. The Morgan fingerprint density at radius 2 is 2.05 bits per heavy atom. The van der Waals surface area contributed by atoms with E-state index in [4.69, 9.17) is 0 Å². The molecule has 2 aliphatic rings. The van der Waals surface area contributed by atoms with Gasteiger partial charge in [0, 0.05) is 0 Å². The molecule has 0 heterocycles. The maximum atomic E-state index is 4.21. The molecule has 0 saturated heterocycles. The standard InChI is InChI=1S/C19H26.C2H6/c1-6-16-8-7-14(4)18(10-16)12-19-11-17(13(2)3)9-15(19)5;1-2/h11-12,16H,2,5-10H2,1,3-4H3;1-2H3/b19-12-;/t16-;/m0./s1. The van der Waals surface area contributed by atoms with Crippen molar-refractivity contribution in [1.29, 1.82) is 0 Å². The average Bonchev–Trinajstić information content (AvgIpc) is 2.85. The first-order valence-corrected chi connectivity index (χ1v) is 8.46. The summed E-state index contributed by atoms with van der Waals surface area (Å²) in [6.45, 7) is 18.9. The van der Waals surface area contributed by atoms with Gasteiger partial charge in [-0.15, -0.1) is 0 Å². The first-order valence-electron chi connectivity index (χ1n) is 8.46. The van der Waals surface area contributed by atoms with E-state index in [1.54, 1.807) is 11.1 Å². The first kappa shape index (κ1) is 17.8. The Hall–Kier alpha value is -1.30. The molecule has 1 atom stereocenters. The molecule has 0 fully saturated rings. The zero-order chi connectivity index (χ0) is 16.0. The summed E-state index contributed by atoms with van der Waals surface area (Å²) in [5.41, 5.74) is 8.21. The van der Waals surface area contributed by atoms with Crippen LogP contribution in [0.15, 0.2) is 58.7 Å². The molecule has 2 rings (SSSR count). The van der Waals surface area contributed by atoms with Crippen LogP contribution in [0.2, 0.25) is 0 Å². The molecular formula is C21H32. The SMILES string of the molecule is C=C(C)C1=C/C(=C/C2=C(C)CC[C@H](CC)C2)C(=C)C1.CC.